The van der Waals surface area contributed by atoms with Crippen molar-refractivity contribution in [2.24, 2.45) is 0 Å². The molecule has 0 aromatic rings. The van der Waals surface area contributed by atoms with Gasteiger partial charge >= 0.3 is 0 Å². The summed E-state index contributed by atoms with van der Waals surface area (Å²) in [4.78, 5) is 0. The van der Waals surface area contributed by atoms with Gasteiger partial charge in [-0.05, 0) is 26.7 Å². The second-order valence-corrected chi connectivity index (χ2v) is 4.06. The van der Waals surface area contributed by atoms with Gasteiger partial charge in [0.25, 0.3) is 0 Å². The highest BCUT2D eigenvalue weighted by molar-refractivity contribution is 4.94. The van der Waals surface area contributed by atoms with Crippen molar-refractivity contribution in [2.45, 2.75) is 58.0 Å². The highest BCUT2D eigenvalue weighted by atomic mass is 16.8. The van der Waals surface area contributed by atoms with Gasteiger partial charge in [0.15, 0.2) is 5.79 Å². The standard InChI is InChI=1S/C10H20O3/c1-5-10(6-2)8(7-11)12-9(3,4)13-10/h8,11H,5-7H2,1-4H3/t8-/m0/s1. The first-order valence-electron chi connectivity index (χ1n) is 4.98. The van der Waals surface area contributed by atoms with Crippen LogP contribution in [0.1, 0.15) is 40.5 Å². The highest BCUT2D eigenvalue weighted by Gasteiger charge is 2.50. The van der Waals surface area contributed by atoms with Gasteiger partial charge in [-0.25, -0.2) is 0 Å². The normalized spacial score (nSPS) is 30.7. The van der Waals surface area contributed by atoms with Crippen LogP contribution in [-0.2, 0) is 9.47 Å². The quantitative estimate of drug-likeness (QED) is 0.732. The monoisotopic (exact) mass is 188 g/mol. The molecule has 1 aliphatic rings. The van der Waals surface area contributed by atoms with Crippen LogP contribution in [-0.4, -0.2) is 29.2 Å². The Morgan fingerprint density at radius 3 is 2.08 bits per heavy atom. The summed E-state index contributed by atoms with van der Waals surface area (Å²) in [5.41, 5.74) is -0.293. The van der Waals surface area contributed by atoms with Gasteiger partial charge in [-0.15, -0.1) is 0 Å². The van der Waals surface area contributed by atoms with Gasteiger partial charge in [0, 0.05) is 0 Å². The van der Waals surface area contributed by atoms with Crippen molar-refractivity contribution in [2.75, 3.05) is 6.61 Å². The van der Waals surface area contributed by atoms with Crippen molar-refractivity contribution < 1.29 is 14.6 Å². The number of hydrogen-bond donors (Lipinski definition) is 1. The summed E-state index contributed by atoms with van der Waals surface area (Å²) in [5.74, 6) is -0.556. The van der Waals surface area contributed by atoms with Gasteiger partial charge in [0.2, 0.25) is 0 Å². The van der Waals surface area contributed by atoms with Crippen LogP contribution in [0.2, 0.25) is 0 Å². The largest absolute Gasteiger partial charge is 0.394 e. The molecule has 1 saturated heterocycles. The molecule has 78 valence electrons. The van der Waals surface area contributed by atoms with Gasteiger partial charge in [-0.2, -0.15) is 0 Å². The van der Waals surface area contributed by atoms with Crippen LogP contribution in [0.5, 0.6) is 0 Å². The molecule has 0 bridgehead atoms. The molecule has 1 N–H and O–H groups in total. The van der Waals surface area contributed by atoms with Crippen LogP contribution in [0.4, 0.5) is 0 Å². The molecule has 0 aromatic heterocycles. The topological polar surface area (TPSA) is 38.7 Å². The van der Waals surface area contributed by atoms with Gasteiger partial charge in [0.05, 0.1) is 12.2 Å². The minimum absolute atomic E-state index is 0.0328. The first-order valence-corrected chi connectivity index (χ1v) is 4.98. The van der Waals surface area contributed by atoms with Gasteiger partial charge in [-0.3, -0.25) is 0 Å². The molecule has 0 spiro atoms. The molecule has 0 amide bonds. The summed E-state index contributed by atoms with van der Waals surface area (Å²) in [5, 5.41) is 9.19. The minimum atomic E-state index is -0.556. The molecule has 1 aliphatic heterocycles. The van der Waals surface area contributed by atoms with E-state index in [1.54, 1.807) is 0 Å². The Labute approximate surface area is 80.0 Å². The summed E-state index contributed by atoms with van der Waals surface area (Å²) in [6.45, 7) is 7.95. The van der Waals surface area contributed by atoms with Gasteiger partial charge < -0.3 is 14.6 Å². The lowest BCUT2D eigenvalue weighted by Gasteiger charge is -2.29. The summed E-state index contributed by atoms with van der Waals surface area (Å²) in [7, 11) is 0. The van der Waals surface area contributed by atoms with Gasteiger partial charge in [0.1, 0.15) is 6.10 Å². The van der Waals surface area contributed by atoms with Crippen molar-refractivity contribution in [3.05, 3.63) is 0 Å². The van der Waals surface area contributed by atoms with E-state index < -0.39 is 5.79 Å². The zero-order valence-corrected chi connectivity index (χ0v) is 8.96. The molecule has 1 fully saturated rings. The maximum atomic E-state index is 9.19. The van der Waals surface area contributed by atoms with Crippen LogP contribution in [0, 0.1) is 0 Å². The van der Waals surface area contributed by atoms with Gasteiger partial charge in [-0.1, -0.05) is 13.8 Å². The second kappa shape index (κ2) is 3.56. The smallest absolute Gasteiger partial charge is 0.164 e. The number of aliphatic hydroxyl groups excluding tert-OH is 1. The van der Waals surface area contributed by atoms with Crippen molar-refractivity contribution in [1.29, 1.82) is 0 Å². The number of hydrogen-bond acceptors (Lipinski definition) is 3. The lowest BCUT2D eigenvalue weighted by atomic mass is 9.91. The predicted octanol–water partition coefficient (Wildman–Crippen LogP) is 1.69. The molecular weight excluding hydrogens is 168 g/mol. The molecule has 0 unspecified atom stereocenters. The van der Waals surface area contributed by atoms with Crippen LogP contribution in [0.25, 0.3) is 0 Å². The maximum absolute atomic E-state index is 9.19. The van der Waals surface area contributed by atoms with E-state index >= 15 is 0 Å². The predicted molar refractivity (Wildman–Crippen MR) is 50.4 cm³/mol. The van der Waals surface area contributed by atoms with E-state index in [0.29, 0.717) is 0 Å². The molecule has 0 saturated carbocycles. The van der Waals surface area contributed by atoms with Crippen molar-refractivity contribution >= 4 is 0 Å². The molecule has 1 atom stereocenters. The highest BCUT2D eigenvalue weighted by Crippen LogP contribution is 2.40. The molecular formula is C10H20O3. The van der Waals surface area contributed by atoms with Crippen LogP contribution < -0.4 is 0 Å². The third kappa shape index (κ3) is 1.87. The lowest BCUT2D eigenvalue weighted by molar-refractivity contribution is -0.165. The Morgan fingerprint density at radius 2 is 1.77 bits per heavy atom. The summed E-state index contributed by atoms with van der Waals surface area (Å²) >= 11 is 0. The van der Waals surface area contributed by atoms with Crippen LogP contribution in [0.3, 0.4) is 0 Å². The van der Waals surface area contributed by atoms with E-state index in [1.807, 2.05) is 13.8 Å². The fourth-order valence-electron chi connectivity index (χ4n) is 2.08. The molecule has 1 rings (SSSR count). The molecule has 1 heterocycles. The van der Waals surface area contributed by atoms with Crippen molar-refractivity contribution in [3.63, 3.8) is 0 Å². The zero-order valence-electron chi connectivity index (χ0n) is 8.96. The fourth-order valence-corrected chi connectivity index (χ4v) is 2.08. The van der Waals surface area contributed by atoms with E-state index in [1.165, 1.54) is 0 Å². The van der Waals surface area contributed by atoms with E-state index in [-0.39, 0.29) is 18.3 Å². The van der Waals surface area contributed by atoms with Crippen molar-refractivity contribution in [3.8, 4) is 0 Å². The Hall–Kier alpha value is -0.120. The molecule has 0 radical (unpaired) electrons. The van der Waals surface area contributed by atoms with E-state index in [0.717, 1.165) is 12.8 Å². The van der Waals surface area contributed by atoms with E-state index in [9.17, 15) is 5.11 Å². The SMILES string of the molecule is CCC1(CC)OC(C)(C)O[C@H]1CO. The summed E-state index contributed by atoms with van der Waals surface area (Å²) in [6.07, 6.45) is 1.56. The van der Waals surface area contributed by atoms with Crippen molar-refractivity contribution in [1.82, 2.24) is 0 Å². The third-order valence-electron chi connectivity index (χ3n) is 2.82. The Balaban J connectivity index is 2.83. The molecule has 3 nitrogen and oxygen atoms in total. The molecule has 13 heavy (non-hydrogen) atoms. The summed E-state index contributed by atoms with van der Waals surface area (Å²) < 4.78 is 11.5. The second-order valence-electron chi connectivity index (χ2n) is 4.06. The number of ether oxygens (including phenoxy) is 2. The van der Waals surface area contributed by atoms with E-state index in [4.69, 9.17) is 9.47 Å². The average molecular weight is 188 g/mol. The average Bonchev–Trinajstić information content (AvgIpc) is 2.37. The maximum Gasteiger partial charge on any atom is 0.164 e. The molecule has 0 aliphatic carbocycles. The minimum Gasteiger partial charge on any atom is -0.394 e. The van der Waals surface area contributed by atoms with E-state index in [2.05, 4.69) is 13.8 Å². The first kappa shape index (κ1) is 11.0. The summed E-state index contributed by atoms with van der Waals surface area (Å²) in [6, 6.07) is 0. The molecule has 3 heteroatoms. The third-order valence-corrected chi connectivity index (χ3v) is 2.82. The number of rotatable bonds is 3. The Bertz CT molecular complexity index is 173. The Morgan fingerprint density at radius 1 is 1.23 bits per heavy atom. The molecule has 0 aromatic carbocycles. The first-order chi connectivity index (χ1) is 5.99. The fraction of sp³-hybridized carbons (Fsp3) is 1.00. The Kier molecular flexibility index (Phi) is 3.00. The zero-order chi connectivity index (χ0) is 10.1. The lowest BCUT2D eigenvalue weighted by Crippen LogP contribution is -2.41. The van der Waals surface area contributed by atoms with Crippen LogP contribution in [0.15, 0.2) is 0 Å². The van der Waals surface area contributed by atoms with Crippen LogP contribution >= 0.6 is 0 Å². The number of aliphatic hydroxyl groups is 1.